The van der Waals surface area contributed by atoms with Gasteiger partial charge in [-0.3, -0.25) is 0 Å². The Hall–Kier alpha value is -3.08. The van der Waals surface area contributed by atoms with Gasteiger partial charge < -0.3 is 10.1 Å². The summed E-state index contributed by atoms with van der Waals surface area (Å²) in [6.07, 6.45) is -3.09. The summed E-state index contributed by atoms with van der Waals surface area (Å²) < 4.78 is 44.0. The van der Waals surface area contributed by atoms with Gasteiger partial charge in [-0.25, -0.2) is 0 Å². The molecule has 26 heavy (non-hydrogen) atoms. The highest BCUT2D eigenvalue weighted by atomic mass is 19.4. The molecule has 0 aliphatic rings. The van der Waals surface area contributed by atoms with Crippen LogP contribution in [-0.2, 0) is 12.8 Å². The fourth-order valence-corrected chi connectivity index (χ4v) is 2.58. The van der Waals surface area contributed by atoms with Crippen LogP contribution in [0.4, 0.5) is 13.2 Å². The Balaban J connectivity index is 1.76. The highest BCUT2D eigenvalue weighted by Crippen LogP contribution is 2.30. The molecule has 0 radical (unpaired) electrons. The lowest BCUT2D eigenvalue weighted by Crippen LogP contribution is -2.06. The summed E-state index contributed by atoms with van der Waals surface area (Å²) in [6, 6.07) is 20.0. The Morgan fingerprint density at radius 2 is 1.54 bits per heavy atom. The van der Waals surface area contributed by atoms with Crippen LogP contribution in [-0.4, -0.2) is 6.21 Å². The first-order valence-corrected chi connectivity index (χ1v) is 7.95. The number of benzene rings is 3. The lowest BCUT2D eigenvalue weighted by Gasteiger charge is -2.11. The minimum absolute atomic E-state index is 0.0495. The first kappa shape index (κ1) is 17.7. The summed E-state index contributed by atoms with van der Waals surface area (Å²) in [5.41, 5.74) is 2.41. The van der Waals surface area contributed by atoms with Gasteiger partial charge >= 0.3 is 6.18 Å². The molecule has 0 heterocycles. The molecule has 2 nitrogen and oxygen atoms in total. The van der Waals surface area contributed by atoms with E-state index in [1.165, 1.54) is 12.3 Å². The second kappa shape index (κ2) is 7.44. The molecule has 1 N–H and O–H groups in total. The lowest BCUT2D eigenvalue weighted by atomic mass is 10.0. The third kappa shape index (κ3) is 4.30. The van der Waals surface area contributed by atoms with Crippen molar-refractivity contribution in [2.45, 2.75) is 12.8 Å². The van der Waals surface area contributed by atoms with Gasteiger partial charge in [0.2, 0.25) is 0 Å². The maximum Gasteiger partial charge on any atom is 0.416 e. The fourth-order valence-electron chi connectivity index (χ4n) is 2.58. The molecule has 0 saturated carbocycles. The summed E-state index contributed by atoms with van der Waals surface area (Å²) in [7, 11) is 0. The predicted octanol–water partition coefficient (Wildman–Crippen LogP) is 5.95. The Morgan fingerprint density at radius 1 is 0.846 bits per heavy atom. The first-order chi connectivity index (χ1) is 12.5. The molecule has 0 aliphatic carbocycles. The third-order valence-electron chi connectivity index (χ3n) is 3.88. The average molecular weight is 355 g/mol. The van der Waals surface area contributed by atoms with Crippen LogP contribution in [0.1, 0.15) is 16.7 Å². The van der Waals surface area contributed by atoms with Crippen LogP contribution in [0.2, 0.25) is 0 Å². The highest BCUT2D eigenvalue weighted by molar-refractivity contribution is 5.80. The second-order valence-electron chi connectivity index (χ2n) is 5.78. The van der Waals surface area contributed by atoms with Crippen molar-refractivity contribution in [2.75, 3.05) is 0 Å². The molecule has 0 atom stereocenters. The smallest absolute Gasteiger partial charge is 0.416 e. The number of halogens is 3. The van der Waals surface area contributed by atoms with Gasteiger partial charge in [-0.1, -0.05) is 42.5 Å². The van der Waals surface area contributed by atoms with Crippen molar-refractivity contribution >= 4 is 6.21 Å². The SMILES string of the molecule is N=Cc1cccc(-c2cccc(OCc3cccc(C(F)(F)F)c3)c2)c1. The molecule has 0 unspecified atom stereocenters. The predicted molar refractivity (Wildman–Crippen MR) is 95.5 cm³/mol. The largest absolute Gasteiger partial charge is 0.489 e. The number of hydrogen-bond acceptors (Lipinski definition) is 2. The summed E-state index contributed by atoms with van der Waals surface area (Å²) in [4.78, 5) is 0. The van der Waals surface area contributed by atoms with Crippen LogP contribution in [0.15, 0.2) is 72.8 Å². The van der Waals surface area contributed by atoms with Crippen LogP contribution in [0.5, 0.6) is 5.75 Å². The summed E-state index contributed by atoms with van der Waals surface area (Å²) in [5, 5.41) is 7.34. The molecule has 3 rings (SSSR count). The van der Waals surface area contributed by atoms with Crippen molar-refractivity contribution in [2.24, 2.45) is 0 Å². The zero-order valence-corrected chi connectivity index (χ0v) is 13.8. The minimum Gasteiger partial charge on any atom is -0.489 e. The molecule has 0 aliphatic heterocycles. The van der Waals surface area contributed by atoms with Crippen LogP contribution in [0.25, 0.3) is 11.1 Å². The number of ether oxygens (including phenoxy) is 1. The van der Waals surface area contributed by atoms with Crippen LogP contribution in [0.3, 0.4) is 0 Å². The van der Waals surface area contributed by atoms with E-state index in [1.54, 1.807) is 12.1 Å². The Kier molecular flexibility index (Phi) is 5.07. The van der Waals surface area contributed by atoms with Crippen molar-refractivity contribution in [3.05, 3.63) is 89.5 Å². The van der Waals surface area contributed by atoms with Gasteiger partial charge in [-0.2, -0.15) is 13.2 Å². The van der Waals surface area contributed by atoms with Crippen molar-refractivity contribution < 1.29 is 17.9 Å². The van der Waals surface area contributed by atoms with E-state index in [0.717, 1.165) is 28.8 Å². The van der Waals surface area contributed by atoms with Crippen LogP contribution < -0.4 is 4.74 Å². The molecule has 0 bridgehead atoms. The van der Waals surface area contributed by atoms with Gasteiger partial charge in [-0.05, 0) is 52.6 Å². The van der Waals surface area contributed by atoms with Gasteiger partial charge in [0.25, 0.3) is 0 Å². The molecule has 0 aromatic heterocycles. The molecule has 0 spiro atoms. The van der Waals surface area contributed by atoms with E-state index in [0.29, 0.717) is 11.3 Å². The van der Waals surface area contributed by atoms with Gasteiger partial charge in [-0.15, -0.1) is 0 Å². The lowest BCUT2D eigenvalue weighted by molar-refractivity contribution is -0.137. The van der Waals surface area contributed by atoms with E-state index in [2.05, 4.69) is 0 Å². The Labute approximate surface area is 149 Å². The Bertz CT molecular complexity index is 919. The van der Waals surface area contributed by atoms with E-state index >= 15 is 0 Å². The zero-order chi connectivity index (χ0) is 18.6. The third-order valence-corrected chi connectivity index (χ3v) is 3.88. The molecule has 5 heteroatoms. The van der Waals surface area contributed by atoms with E-state index in [1.807, 2.05) is 42.5 Å². The second-order valence-corrected chi connectivity index (χ2v) is 5.78. The highest BCUT2D eigenvalue weighted by Gasteiger charge is 2.30. The Morgan fingerprint density at radius 3 is 2.27 bits per heavy atom. The molecule has 3 aromatic rings. The van der Waals surface area contributed by atoms with Crippen molar-refractivity contribution in [1.29, 1.82) is 5.41 Å². The quantitative estimate of drug-likeness (QED) is 0.564. The summed E-state index contributed by atoms with van der Waals surface area (Å²) in [6.45, 7) is 0.0495. The van der Waals surface area contributed by atoms with Crippen molar-refractivity contribution in [3.8, 4) is 16.9 Å². The monoisotopic (exact) mass is 355 g/mol. The van der Waals surface area contributed by atoms with Crippen molar-refractivity contribution in [3.63, 3.8) is 0 Å². The standard InChI is InChI=1S/C21H16F3NO/c22-21(23,24)19-8-2-5-16(11-19)14-26-20-9-3-7-18(12-20)17-6-1-4-15(10-17)13-25/h1-13,25H,14H2. The first-order valence-electron chi connectivity index (χ1n) is 7.95. The van der Waals surface area contributed by atoms with Gasteiger partial charge in [0.05, 0.1) is 5.56 Å². The van der Waals surface area contributed by atoms with E-state index < -0.39 is 11.7 Å². The molecule has 0 fully saturated rings. The maximum absolute atomic E-state index is 12.8. The fraction of sp³-hybridized carbons (Fsp3) is 0.0952. The van der Waals surface area contributed by atoms with Crippen molar-refractivity contribution in [1.82, 2.24) is 0 Å². The average Bonchev–Trinajstić information content (AvgIpc) is 2.66. The zero-order valence-electron chi connectivity index (χ0n) is 13.8. The van der Waals surface area contributed by atoms with Crippen LogP contribution >= 0.6 is 0 Å². The number of alkyl halides is 3. The topological polar surface area (TPSA) is 33.1 Å². The van der Waals surface area contributed by atoms with E-state index in [4.69, 9.17) is 10.1 Å². The molecule has 132 valence electrons. The maximum atomic E-state index is 12.8. The molecule has 0 saturated heterocycles. The normalized spacial score (nSPS) is 11.2. The molecule has 3 aromatic carbocycles. The minimum atomic E-state index is -4.37. The van der Waals surface area contributed by atoms with Gasteiger partial charge in [0, 0.05) is 6.21 Å². The molecular weight excluding hydrogens is 339 g/mol. The number of hydrogen-bond donors (Lipinski definition) is 1. The van der Waals surface area contributed by atoms with Crippen LogP contribution in [0, 0.1) is 5.41 Å². The summed E-state index contributed by atoms with van der Waals surface area (Å²) >= 11 is 0. The van der Waals surface area contributed by atoms with Gasteiger partial charge in [0.1, 0.15) is 12.4 Å². The van der Waals surface area contributed by atoms with Gasteiger partial charge in [0.15, 0.2) is 0 Å². The number of rotatable bonds is 5. The van der Waals surface area contributed by atoms with E-state index in [9.17, 15) is 13.2 Å². The summed E-state index contributed by atoms with van der Waals surface area (Å²) in [5.74, 6) is 0.570. The molecule has 0 amide bonds. The number of nitrogens with one attached hydrogen (secondary N) is 1. The molecular formula is C21H16F3NO. The van der Waals surface area contributed by atoms with E-state index in [-0.39, 0.29) is 6.61 Å².